The molecule has 1 saturated heterocycles. The smallest absolute Gasteiger partial charge is 0.218 e. The van der Waals surface area contributed by atoms with E-state index in [-0.39, 0.29) is 6.04 Å². The highest BCUT2D eigenvalue weighted by atomic mass is 16.3. The molecule has 0 spiro atoms. The fourth-order valence-electron chi connectivity index (χ4n) is 3.38. The number of benzene rings is 2. The maximum atomic E-state index is 9.22. The predicted molar refractivity (Wildman–Crippen MR) is 93.1 cm³/mol. The van der Waals surface area contributed by atoms with Crippen LogP contribution in [0.3, 0.4) is 0 Å². The lowest BCUT2D eigenvalue weighted by molar-refractivity contribution is 0.314. The molecule has 4 rings (SSSR count). The van der Waals surface area contributed by atoms with Gasteiger partial charge < -0.3 is 4.42 Å². The molecule has 2 heterocycles. The van der Waals surface area contributed by atoms with E-state index in [0.29, 0.717) is 5.89 Å². The fraction of sp³-hybridized carbons (Fsp3) is 0.300. The first-order valence-electron chi connectivity index (χ1n) is 8.44. The van der Waals surface area contributed by atoms with Crippen molar-refractivity contribution in [2.45, 2.75) is 32.2 Å². The number of fused-ring (bicyclic) bond motifs is 1. The zero-order valence-corrected chi connectivity index (χ0v) is 13.7. The minimum Gasteiger partial charge on any atom is -0.438 e. The number of rotatable bonds is 3. The zero-order valence-electron chi connectivity index (χ0n) is 13.7. The SMILES string of the molecule is CCc1cccc(-c2ccc3nc([C@@H]4CCCN4C#N)oc3c2)c1. The van der Waals surface area contributed by atoms with Crippen LogP contribution in [0.2, 0.25) is 0 Å². The molecular weight excluding hydrogens is 298 g/mol. The molecule has 0 radical (unpaired) electrons. The summed E-state index contributed by atoms with van der Waals surface area (Å²) in [4.78, 5) is 6.36. The molecule has 0 amide bonds. The summed E-state index contributed by atoms with van der Waals surface area (Å²) in [5, 5.41) is 9.22. The van der Waals surface area contributed by atoms with Crippen LogP contribution >= 0.6 is 0 Å². The van der Waals surface area contributed by atoms with E-state index >= 15 is 0 Å². The van der Waals surface area contributed by atoms with Gasteiger partial charge in [-0.15, -0.1) is 0 Å². The van der Waals surface area contributed by atoms with Gasteiger partial charge >= 0.3 is 0 Å². The number of likely N-dealkylation sites (tertiary alicyclic amines) is 1. The average Bonchev–Trinajstić information content (AvgIpc) is 3.26. The summed E-state index contributed by atoms with van der Waals surface area (Å²) in [5.74, 6) is 0.656. The standard InChI is InChI=1S/C20H19N3O/c1-2-14-5-3-6-15(11-14)16-8-9-17-19(12-16)24-20(22-17)18-7-4-10-23(18)13-21/h3,5-6,8-9,11-12,18H,2,4,7,10H2,1H3/t18-/m0/s1. The molecule has 24 heavy (non-hydrogen) atoms. The van der Waals surface area contributed by atoms with Gasteiger partial charge in [0, 0.05) is 6.54 Å². The van der Waals surface area contributed by atoms with Crippen LogP contribution in [0.25, 0.3) is 22.2 Å². The van der Waals surface area contributed by atoms with Crippen LogP contribution in [0.15, 0.2) is 46.9 Å². The first-order chi connectivity index (χ1) is 11.8. The lowest BCUT2D eigenvalue weighted by Gasteiger charge is -2.13. The summed E-state index contributed by atoms with van der Waals surface area (Å²) < 4.78 is 6.00. The van der Waals surface area contributed by atoms with Crippen LogP contribution in [-0.2, 0) is 6.42 Å². The van der Waals surface area contributed by atoms with Gasteiger partial charge in [0.25, 0.3) is 0 Å². The molecule has 1 atom stereocenters. The van der Waals surface area contributed by atoms with Crippen molar-refractivity contribution >= 4 is 11.1 Å². The van der Waals surface area contributed by atoms with E-state index in [1.165, 1.54) is 11.1 Å². The summed E-state index contributed by atoms with van der Waals surface area (Å²) in [5.41, 5.74) is 5.28. The largest absolute Gasteiger partial charge is 0.438 e. The predicted octanol–water partition coefficient (Wildman–Crippen LogP) is 4.68. The molecule has 4 heteroatoms. The van der Waals surface area contributed by atoms with Gasteiger partial charge in [-0.3, -0.25) is 4.90 Å². The van der Waals surface area contributed by atoms with E-state index in [4.69, 9.17) is 4.42 Å². The Kier molecular flexibility index (Phi) is 3.70. The Hall–Kier alpha value is -2.80. The van der Waals surface area contributed by atoms with Crippen molar-refractivity contribution in [1.82, 2.24) is 9.88 Å². The summed E-state index contributed by atoms with van der Waals surface area (Å²) in [6, 6.07) is 14.7. The van der Waals surface area contributed by atoms with E-state index in [2.05, 4.69) is 48.4 Å². The third-order valence-electron chi connectivity index (χ3n) is 4.74. The van der Waals surface area contributed by atoms with Crippen molar-refractivity contribution < 1.29 is 4.42 Å². The van der Waals surface area contributed by atoms with Gasteiger partial charge in [-0.25, -0.2) is 4.98 Å². The Balaban J connectivity index is 1.72. The van der Waals surface area contributed by atoms with Crippen molar-refractivity contribution in [3.63, 3.8) is 0 Å². The van der Waals surface area contributed by atoms with E-state index in [9.17, 15) is 5.26 Å². The van der Waals surface area contributed by atoms with Crippen LogP contribution in [0.4, 0.5) is 0 Å². The third-order valence-corrected chi connectivity index (χ3v) is 4.74. The molecule has 2 aromatic carbocycles. The number of nitrogens with zero attached hydrogens (tertiary/aromatic N) is 3. The fourth-order valence-corrected chi connectivity index (χ4v) is 3.38. The molecule has 0 bridgehead atoms. The Morgan fingerprint density at radius 3 is 2.96 bits per heavy atom. The minimum absolute atomic E-state index is 0.0192. The topological polar surface area (TPSA) is 53.1 Å². The molecule has 1 aromatic heterocycles. The quantitative estimate of drug-likeness (QED) is 0.658. The highest BCUT2D eigenvalue weighted by Crippen LogP contribution is 2.33. The Morgan fingerprint density at radius 1 is 1.25 bits per heavy atom. The molecule has 0 saturated carbocycles. The Labute approximate surface area is 141 Å². The first-order valence-corrected chi connectivity index (χ1v) is 8.44. The Bertz CT molecular complexity index is 922. The van der Waals surface area contributed by atoms with Crippen LogP contribution in [0.1, 0.15) is 37.3 Å². The minimum atomic E-state index is -0.0192. The van der Waals surface area contributed by atoms with Gasteiger partial charge in [-0.2, -0.15) is 5.26 Å². The number of oxazole rings is 1. The van der Waals surface area contributed by atoms with E-state index in [1.54, 1.807) is 4.90 Å². The number of hydrogen-bond donors (Lipinski definition) is 0. The molecule has 0 unspecified atom stereocenters. The molecule has 3 aromatic rings. The number of hydrogen-bond acceptors (Lipinski definition) is 4. The normalized spacial score (nSPS) is 17.3. The molecule has 0 aliphatic carbocycles. The van der Waals surface area contributed by atoms with Crippen LogP contribution in [0.5, 0.6) is 0 Å². The number of aromatic nitrogens is 1. The van der Waals surface area contributed by atoms with Gasteiger partial charge in [-0.1, -0.05) is 37.3 Å². The third kappa shape index (κ3) is 2.52. The average molecular weight is 317 g/mol. The van der Waals surface area contributed by atoms with Gasteiger partial charge in [0.2, 0.25) is 5.89 Å². The second kappa shape index (κ2) is 6.01. The second-order valence-corrected chi connectivity index (χ2v) is 6.24. The first kappa shape index (κ1) is 14.8. The molecule has 1 aliphatic rings. The maximum Gasteiger partial charge on any atom is 0.218 e. The number of aryl methyl sites for hydroxylation is 1. The van der Waals surface area contributed by atoms with Crippen LogP contribution in [0, 0.1) is 11.5 Å². The molecule has 4 nitrogen and oxygen atoms in total. The Morgan fingerprint density at radius 2 is 2.12 bits per heavy atom. The van der Waals surface area contributed by atoms with E-state index < -0.39 is 0 Å². The van der Waals surface area contributed by atoms with Crippen LogP contribution < -0.4 is 0 Å². The van der Waals surface area contributed by atoms with Gasteiger partial charge in [-0.05, 0) is 48.1 Å². The van der Waals surface area contributed by atoms with E-state index in [0.717, 1.165) is 42.5 Å². The van der Waals surface area contributed by atoms with Crippen molar-refractivity contribution in [3.05, 3.63) is 53.9 Å². The summed E-state index contributed by atoms with van der Waals surface area (Å²) >= 11 is 0. The van der Waals surface area contributed by atoms with Gasteiger partial charge in [0.1, 0.15) is 11.6 Å². The monoisotopic (exact) mass is 317 g/mol. The van der Waals surface area contributed by atoms with Crippen molar-refractivity contribution in [2.24, 2.45) is 0 Å². The molecule has 1 aliphatic heterocycles. The van der Waals surface area contributed by atoms with Crippen molar-refractivity contribution in [1.29, 1.82) is 5.26 Å². The van der Waals surface area contributed by atoms with Gasteiger partial charge in [0.15, 0.2) is 11.8 Å². The van der Waals surface area contributed by atoms with Gasteiger partial charge in [0.05, 0.1) is 0 Å². The summed E-state index contributed by atoms with van der Waals surface area (Å²) in [7, 11) is 0. The highest BCUT2D eigenvalue weighted by Gasteiger charge is 2.29. The zero-order chi connectivity index (χ0) is 16.5. The lowest BCUT2D eigenvalue weighted by Crippen LogP contribution is -2.17. The lowest BCUT2D eigenvalue weighted by atomic mass is 10.0. The highest BCUT2D eigenvalue weighted by molar-refractivity contribution is 5.80. The van der Waals surface area contributed by atoms with Crippen LogP contribution in [-0.4, -0.2) is 16.4 Å². The second-order valence-electron chi connectivity index (χ2n) is 6.24. The molecule has 120 valence electrons. The van der Waals surface area contributed by atoms with Crippen molar-refractivity contribution in [2.75, 3.05) is 6.54 Å². The maximum absolute atomic E-state index is 9.22. The molecular formula is C20H19N3O. The molecule has 0 N–H and O–H groups in total. The number of nitriles is 1. The summed E-state index contributed by atoms with van der Waals surface area (Å²) in [6.45, 7) is 2.95. The molecule has 1 fully saturated rings. The van der Waals surface area contributed by atoms with E-state index in [1.807, 2.05) is 12.1 Å². The van der Waals surface area contributed by atoms with Crippen molar-refractivity contribution in [3.8, 4) is 17.3 Å². The summed E-state index contributed by atoms with van der Waals surface area (Å²) in [6.07, 6.45) is 5.19.